The van der Waals surface area contributed by atoms with Crippen molar-refractivity contribution < 1.29 is 43.4 Å². The van der Waals surface area contributed by atoms with Crippen LogP contribution in [0.2, 0.25) is 0 Å². The van der Waals surface area contributed by atoms with Crippen LogP contribution in [0.4, 0.5) is 0 Å². The number of fused-ring (bicyclic) bond motifs is 16. The van der Waals surface area contributed by atoms with Gasteiger partial charge in [0.05, 0.1) is 118 Å². The maximum absolute atomic E-state index is 5.37. The number of aromatic nitrogens is 8. The molecule has 8 aromatic heterocycles. The Kier molecular flexibility index (Phi) is 39.6. The van der Waals surface area contributed by atoms with Gasteiger partial charge in [0.15, 0.2) is 0 Å². The Bertz CT molecular complexity index is 4830. The summed E-state index contributed by atoms with van der Waals surface area (Å²) >= 11 is 0. The zero-order chi connectivity index (χ0) is 93.5. The van der Waals surface area contributed by atoms with E-state index >= 15 is 0 Å². The molecule has 680 valence electrons. The summed E-state index contributed by atoms with van der Waals surface area (Å²) in [5, 5.41) is 0. The molecule has 8 nitrogen and oxygen atoms in total. The maximum Gasteiger partial charge on any atom is 0.0768 e. The first-order chi connectivity index (χ1) is 64.1. The molecule has 0 amide bonds. The maximum atomic E-state index is 5.37. The fourth-order valence-corrected chi connectivity index (χ4v) is 23.3. The van der Waals surface area contributed by atoms with E-state index in [4.69, 9.17) is 39.9 Å². The Morgan fingerprint density at radius 1 is 0.134 bits per heavy atom. The van der Waals surface area contributed by atoms with Crippen LogP contribution < -0.4 is 39.9 Å². The Balaban J connectivity index is 0.000000198. The number of rotatable bonds is 20. The van der Waals surface area contributed by atoms with Crippen LogP contribution in [-0.4, -0.2) is 73.9 Å². The van der Waals surface area contributed by atoms with Gasteiger partial charge in [0.1, 0.15) is 0 Å². The van der Waals surface area contributed by atoms with E-state index < -0.39 is 0 Å². The van der Waals surface area contributed by atoms with E-state index in [1.807, 2.05) is 0 Å². The van der Waals surface area contributed by atoms with Crippen molar-refractivity contribution in [2.75, 3.05) is 73.9 Å². The number of aryl methyl sites for hydroxylation is 8. The summed E-state index contributed by atoms with van der Waals surface area (Å²) in [5.41, 5.74) is 32.0. The van der Waals surface area contributed by atoms with Gasteiger partial charge in [-0.05, 0) is 403 Å². The van der Waals surface area contributed by atoms with Crippen LogP contribution in [0.1, 0.15) is 263 Å². The molecule has 2 aliphatic heterocycles. The smallest absolute Gasteiger partial charge is 0.0768 e. The van der Waals surface area contributed by atoms with Crippen molar-refractivity contribution in [3.05, 3.63) is 519 Å². The zero-order valence-electron chi connectivity index (χ0n) is 82.8. The first kappa shape index (κ1) is 105. The van der Waals surface area contributed by atoms with E-state index in [1.165, 1.54) is 118 Å². The van der Waals surface area contributed by atoms with E-state index in [2.05, 4.69) is 430 Å². The van der Waals surface area contributed by atoms with Crippen molar-refractivity contribution in [2.24, 2.45) is 0 Å². The molecule has 10 heterocycles. The minimum Gasteiger partial charge on any atom is -0.628 e. The molecule has 18 rings (SSSR count). The molecule has 0 atom stereocenters. The summed E-state index contributed by atoms with van der Waals surface area (Å²) in [4.78, 5) is 43.0. The summed E-state index contributed by atoms with van der Waals surface area (Å²) in [6.45, 7) is 44.6. The van der Waals surface area contributed by atoms with Crippen molar-refractivity contribution >= 4 is 31.7 Å². The fraction of sp³-hybridized carbons (Fsp3) is 0.267. The molecule has 0 unspecified atom stereocenters. The second-order valence-corrected chi connectivity index (χ2v) is 49.4. The Morgan fingerprint density at radius 2 is 0.209 bits per heavy atom. The van der Waals surface area contributed by atoms with Gasteiger partial charge < -0.3 is 39.9 Å². The Labute approximate surface area is 839 Å². The van der Waals surface area contributed by atoms with Gasteiger partial charge in [0.25, 0.3) is 0 Å². The van der Waals surface area contributed by atoms with Crippen LogP contribution in [0, 0.1) is 103 Å². The van der Waals surface area contributed by atoms with Gasteiger partial charge in [-0.25, -0.2) is 0 Å². The Hall–Kier alpha value is -9.89. The van der Waals surface area contributed by atoms with Crippen molar-refractivity contribution in [3.63, 3.8) is 0 Å². The van der Waals surface area contributed by atoms with Crippen LogP contribution >= 0.6 is 31.7 Å². The van der Waals surface area contributed by atoms with Crippen molar-refractivity contribution in [3.8, 4) is 0 Å². The fourth-order valence-electron chi connectivity index (χ4n) is 17.3. The molecular weight excluding hydrogens is 1770 g/mol. The minimum absolute atomic E-state index is 0. The number of nitrogens with zero attached hydrogens (tertiary/aromatic N) is 8. The second-order valence-electron chi connectivity index (χ2n) is 34.9. The van der Waals surface area contributed by atoms with Crippen molar-refractivity contribution in [1.29, 1.82) is 0 Å². The average Bonchev–Trinajstić information content (AvgIpc) is 1.62. The minimum atomic E-state index is 0. The number of hydrogen-bond donors (Lipinski definition) is 0. The molecule has 8 aromatic carbocycles. The quantitative estimate of drug-likeness (QED) is 0.0421. The van der Waals surface area contributed by atoms with Crippen LogP contribution in [0.15, 0.2) is 291 Å². The average molecular weight is 1910 g/mol. The summed E-state index contributed by atoms with van der Waals surface area (Å²) in [6, 6.07) is 103. The summed E-state index contributed by atoms with van der Waals surface area (Å²) < 4.78 is 0. The molecule has 0 radical (unpaired) electrons. The predicted octanol–water partition coefficient (Wildman–Crippen LogP) is 27.3. The van der Waals surface area contributed by atoms with Gasteiger partial charge in [-0.2, -0.15) is 0 Å². The third kappa shape index (κ3) is 26.1. The molecule has 0 aliphatic carbocycles. The molecule has 16 aromatic rings. The van der Waals surface area contributed by atoms with Gasteiger partial charge in [0.2, 0.25) is 0 Å². The van der Waals surface area contributed by atoms with E-state index in [0.717, 1.165) is 183 Å². The number of benzene rings is 8. The van der Waals surface area contributed by atoms with E-state index in [9.17, 15) is 0 Å². The first-order valence-corrected chi connectivity index (χ1v) is 56.6. The number of hydrogen-bond acceptors (Lipinski definition) is 0. The zero-order valence-corrected chi connectivity index (χ0v) is 89.9. The third-order valence-electron chi connectivity index (χ3n) is 25.9. The van der Waals surface area contributed by atoms with E-state index in [-0.39, 0.29) is 75.1 Å². The largest absolute Gasteiger partial charge is 0.628 e. The van der Waals surface area contributed by atoms with Gasteiger partial charge in [-0.15, -0.1) is 0 Å². The summed E-state index contributed by atoms with van der Waals surface area (Å²) in [6.07, 6.45) is 17.5. The molecule has 14 heteroatoms. The Morgan fingerprint density at radius 3 is 0.269 bits per heavy atom. The van der Waals surface area contributed by atoms with Crippen molar-refractivity contribution in [1.82, 2.24) is 39.9 Å². The molecule has 0 spiro atoms. The first-order valence-electron chi connectivity index (χ1n) is 48.2. The van der Waals surface area contributed by atoms with E-state index in [1.54, 1.807) is 0 Å². The molecule has 134 heavy (non-hydrogen) atoms. The van der Waals surface area contributed by atoms with Gasteiger partial charge >= 0.3 is 0 Å². The molecule has 0 saturated carbocycles. The molecule has 2 aliphatic rings. The standard InChI is InChI=1S/2C48H36N4.4C6H15P.2Ti/c2*1-29-5-13-33(14-6-29)45-37-21-23-39(49-37)46(34-15-7-30(2)8-16-34)41-25-27-43(51-41)48(36-19-11-32(4)12-20-36)44-28-26-42(52-44)47(40-24-22-38(45)50-40)35-17-9-31(3)10-18-35;4*1-4-7(5-2)6-3;;/h2*5-28H,1-4H3;4*4-6H2,1-3H3;;/p+4. The summed E-state index contributed by atoms with van der Waals surface area (Å²) in [5.74, 6) is 7.88. The molecular formula is C120H136N8P4Ti2+4. The normalized spacial score (nSPS) is 12.1. The second kappa shape index (κ2) is 50.8. The molecule has 0 fully saturated rings. The predicted molar refractivity (Wildman–Crippen MR) is 572 cm³/mol. The van der Waals surface area contributed by atoms with Gasteiger partial charge in [-0.3, -0.25) is 0 Å². The van der Waals surface area contributed by atoms with Gasteiger partial charge in [-0.1, -0.05) is 0 Å². The van der Waals surface area contributed by atoms with E-state index in [0.29, 0.717) is 0 Å². The van der Waals surface area contributed by atoms with Crippen LogP contribution in [-0.2, 0) is 43.4 Å². The van der Waals surface area contributed by atoms with Gasteiger partial charge in [0, 0.05) is 285 Å². The summed E-state index contributed by atoms with van der Waals surface area (Å²) in [7, 11) is 0.549. The van der Waals surface area contributed by atoms with Crippen LogP contribution in [0.5, 0.6) is 0 Å². The third-order valence-corrected chi connectivity index (χ3v) is 37.9. The molecule has 0 N–H and O–H groups in total. The molecule has 0 saturated heterocycles. The SMILES string of the molecule is CC[PH+](CC)CC.CC[PH+](CC)CC.CC[PH+](CC)CC.CC[PH+](CC)CC.Cc1ccc([C+]2c3ccc([n-]3)[C+](c3ccc(C)cc3)c3ccc([n-]3)[C+](c3ccc(C)cc3)c3ccc([n-]3)[C+](c3ccc(C)cc3)c3ccc2[n-]3)cc1.Cc1ccc([C+]2c3ccc([n-]3)[C+](c3ccc(C)cc3)c3ccc([n-]3)[C+](c3ccc(C)cc3)c3ccc([n-]3)[C+](c3ccc(C)cc3)c3ccc2[n-]3)cc1.[Ti].[Ti]. The van der Waals surface area contributed by atoms with Crippen LogP contribution in [0.3, 0.4) is 0 Å². The topological polar surface area (TPSA) is 113 Å². The molecule has 16 bridgehead atoms. The monoisotopic (exact) mass is 1910 g/mol. The van der Waals surface area contributed by atoms with Crippen molar-refractivity contribution in [2.45, 2.75) is 138 Å². The van der Waals surface area contributed by atoms with Crippen LogP contribution in [0.25, 0.3) is 0 Å².